The van der Waals surface area contributed by atoms with Gasteiger partial charge in [0.25, 0.3) is 0 Å². The van der Waals surface area contributed by atoms with E-state index in [9.17, 15) is 14.0 Å². The summed E-state index contributed by atoms with van der Waals surface area (Å²) in [7, 11) is 0. The van der Waals surface area contributed by atoms with E-state index in [1.165, 1.54) is 19.1 Å². The molecule has 0 saturated heterocycles. The second-order valence-electron chi connectivity index (χ2n) is 5.84. The zero-order chi connectivity index (χ0) is 18.9. The highest BCUT2D eigenvalue weighted by molar-refractivity contribution is 5.92. The summed E-state index contributed by atoms with van der Waals surface area (Å²) in [5.41, 5.74) is 1.77. The number of nitrogens with zero attached hydrogens (tertiary/aromatic N) is 2. The van der Waals surface area contributed by atoms with Crippen LogP contribution in [0.15, 0.2) is 48.5 Å². The molecular formula is C20H20FN3O2. The summed E-state index contributed by atoms with van der Waals surface area (Å²) < 4.78 is 12.9. The summed E-state index contributed by atoms with van der Waals surface area (Å²) in [5.74, 6) is -0.690. The Labute approximate surface area is 152 Å². The molecule has 0 aliphatic carbocycles. The van der Waals surface area contributed by atoms with Gasteiger partial charge in [0.15, 0.2) is 0 Å². The zero-order valence-electron chi connectivity index (χ0n) is 14.5. The predicted molar refractivity (Wildman–Crippen MR) is 96.8 cm³/mol. The molecule has 2 aromatic rings. The number of halogens is 1. The number of anilines is 1. The molecule has 0 aromatic heterocycles. The lowest BCUT2D eigenvalue weighted by atomic mass is 10.1. The van der Waals surface area contributed by atoms with Crippen LogP contribution in [0, 0.1) is 17.1 Å². The van der Waals surface area contributed by atoms with Gasteiger partial charge >= 0.3 is 0 Å². The first kappa shape index (κ1) is 19.1. The number of para-hydroxylation sites is 1. The summed E-state index contributed by atoms with van der Waals surface area (Å²) in [6.07, 6.45) is 0.710. The van der Waals surface area contributed by atoms with Crippen LogP contribution in [0.3, 0.4) is 0 Å². The Hall–Kier alpha value is -3.20. The molecule has 0 atom stereocenters. The highest BCUT2D eigenvalue weighted by Gasteiger charge is 2.12. The fraction of sp³-hybridized carbons (Fsp3) is 0.250. The van der Waals surface area contributed by atoms with Crippen molar-refractivity contribution < 1.29 is 14.0 Å². The number of carbonyl (C=O) groups excluding carboxylic acids is 2. The molecule has 134 valence electrons. The number of hydrogen-bond donors (Lipinski definition) is 1. The van der Waals surface area contributed by atoms with Crippen molar-refractivity contribution >= 4 is 17.5 Å². The number of amides is 2. The molecule has 2 rings (SSSR count). The van der Waals surface area contributed by atoms with Gasteiger partial charge in [0.05, 0.1) is 11.3 Å². The topological polar surface area (TPSA) is 73.2 Å². The van der Waals surface area contributed by atoms with Crippen molar-refractivity contribution in [2.45, 2.75) is 19.8 Å². The highest BCUT2D eigenvalue weighted by atomic mass is 19.1. The van der Waals surface area contributed by atoms with E-state index in [0.717, 1.165) is 5.56 Å². The number of nitriles is 1. The summed E-state index contributed by atoms with van der Waals surface area (Å²) in [5, 5.41) is 11.7. The van der Waals surface area contributed by atoms with Crippen LogP contribution in [0.25, 0.3) is 0 Å². The van der Waals surface area contributed by atoms with Gasteiger partial charge in [-0.2, -0.15) is 5.26 Å². The van der Waals surface area contributed by atoms with Gasteiger partial charge in [-0.1, -0.05) is 24.3 Å². The Morgan fingerprint density at radius 1 is 1.12 bits per heavy atom. The van der Waals surface area contributed by atoms with Crippen molar-refractivity contribution in [2.24, 2.45) is 0 Å². The second kappa shape index (κ2) is 9.33. The van der Waals surface area contributed by atoms with E-state index in [0.29, 0.717) is 24.2 Å². The lowest BCUT2D eigenvalue weighted by Crippen LogP contribution is -2.33. The molecule has 2 aromatic carbocycles. The molecule has 0 saturated carbocycles. The third kappa shape index (κ3) is 5.71. The number of benzene rings is 2. The molecule has 0 heterocycles. The maximum Gasteiger partial charge on any atom is 0.226 e. The Balaban J connectivity index is 1.87. The Bertz CT molecular complexity index is 813. The largest absolute Gasteiger partial charge is 0.342 e. The maximum atomic E-state index is 12.9. The van der Waals surface area contributed by atoms with Crippen molar-refractivity contribution in [3.05, 3.63) is 65.5 Å². The molecule has 5 nitrogen and oxygen atoms in total. The van der Waals surface area contributed by atoms with Crippen LogP contribution in [0.5, 0.6) is 0 Å². The number of nitrogens with one attached hydrogen (secondary N) is 1. The molecule has 1 N–H and O–H groups in total. The molecule has 0 bridgehead atoms. The third-order valence-corrected chi connectivity index (χ3v) is 3.96. The van der Waals surface area contributed by atoms with E-state index < -0.39 is 0 Å². The van der Waals surface area contributed by atoms with Crippen molar-refractivity contribution in [3.8, 4) is 6.07 Å². The second-order valence-corrected chi connectivity index (χ2v) is 5.84. The van der Waals surface area contributed by atoms with Gasteiger partial charge < -0.3 is 10.2 Å². The lowest BCUT2D eigenvalue weighted by molar-refractivity contribution is -0.129. The van der Waals surface area contributed by atoms with Crippen LogP contribution in [0.2, 0.25) is 0 Å². The van der Waals surface area contributed by atoms with Crippen molar-refractivity contribution in [1.82, 2.24) is 4.90 Å². The molecule has 0 aliphatic rings. The SMILES string of the molecule is CC(=O)N(CCC(=O)Nc1ccccc1C#N)CCc1ccc(F)cc1. The molecule has 0 aliphatic heterocycles. The molecule has 2 amide bonds. The van der Waals surface area contributed by atoms with Gasteiger partial charge in [0, 0.05) is 26.4 Å². The quantitative estimate of drug-likeness (QED) is 0.831. The van der Waals surface area contributed by atoms with Crippen LogP contribution in [-0.4, -0.2) is 29.8 Å². The lowest BCUT2D eigenvalue weighted by Gasteiger charge is -2.21. The molecule has 6 heteroatoms. The summed E-state index contributed by atoms with van der Waals surface area (Å²) in [4.78, 5) is 25.5. The fourth-order valence-electron chi connectivity index (χ4n) is 2.48. The monoisotopic (exact) mass is 353 g/mol. The Morgan fingerprint density at radius 3 is 2.46 bits per heavy atom. The van der Waals surface area contributed by atoms with Crippen molar-refractivity contribution in [3.63, 3.8) is 0 Å². The molecule has 0 unspecified atom stereocenters. The highest BCUT2D eigenvalue weighted by Crippen LogP contribution is 2.14. The van der Waals surface area contributed by atoms with Crippen LogP contribution in [0.4, 0.5) is 10.1 Å². The molecule has 0 radical (unpaired) electrons. The van der Waals surface area contributed by atoms with Crippen molar-refractivity contribution in [1.29, 1.82) is 5.26 Å². The molecule has 26 heavy (non-hydrogen) atoms. The minimum atomic E-state index is -0.300. The Morgan fingerprint density at radius 2 is 1.81 bits per heavy atom. The van der Waals surface area contributed by atoms with Crippen LogP contribution in [0.1, 0.15) is 24.5 Å². The summed E-state index contributed by atoms with van der Waals surface area (Å²) in [6.45, 7) is 2.17. The third-order valence-electron chi connectivity index (χ3n) is 3.96. The minimum Gasteiger partial charge on any atom is -0.342 e. The van der Waals surface area contributed by atoms with E-state index >= 15 is 0 Å². The van der Waals surface area contributed by atoms with E-state index in [2.05, 4.69) is 5.32 Å². The van der Waals surface area contributed by atoms with E-state index in [1.807, 2.05) is 6.07 Å². The van der Waals surface area contributed by atoms with Gasteiger partial charge in [-0.05, 0) is 36.2 Å². The average Bonchev–Trinajstić information content (AvgIpc) is 2.63. The number of rotatable bonds is 7. The van der Waals surface area contributed by atoms with Gasteiger partial charge in [-0.25, -0.2) is 4.39 Å². The number of hydrogen-bond acceptors (Lipinski definition) is 3. The summed E-state index contributed by atoms with van der Waals surface area (Å²) in [6, 6.07) is 14.9. The van der Waals surface area contributed by atoms with Crippen LogP contribution < -0.4 is 5.32 Å². The van der Waals surface area contributed by atoms with Crippen LogP contribution in [-0.2, 0) is 16.0 Å². The first-order valence-electron chi connectivity index (χ1n) is 8.28. The normalized spacial score (nSPS) is 10.0. The fourth-order valence-corrected chi connectivity index (χ4v) is 2.48. The number of carbonyl (C=O) groups is 2. The van der Waals surface area contributed by atoms with Crippen molar-refractivity contribution in [2.75, 3.05) is 18.4 Å². The predicted octanol–water partition coefficient (Wildman–Crippen LogP) is 3.12. The van der Waals surface area contributed by atoms with Gasteiger partial charge in [0.2, 0.25) is 11.8 Å². The van der Waals surface area contributed by atoms with Gasteiger partial charge in [-0.3, -0.25) is 9.59 Å². The molecule has 0 spiro atoms. The Kier molecular flexibility index (Phi) is 6.86. The molecule has 0 fully saturated rings. The molecular weight excluding hydrogens is 333 g/mol. The van der Waals surface area contributed by atoms with E-state index in [1.54, 1.807) is 41.3 Å². The minimum absolute atomic E-state index is 0.127. The maximum absolute atomic E-state index is 12.9. The smallest absolute Gasteiger partial charge is 0.226 e. The average molecular weight is 353 g/mol. The standard InChI is InChI=1S/C20H20FN3O2/c1-15(25)24(12-10-16-6-8-18(21)9-7-16)13-11-20(26)23-19-5-3-2-4-17(19)14-22/h2-9H,10-13H2,1H3,(H,23,26). The first-order valence-corrected chi connectivity index (χ1v) is 8.28. The summed E-state index contributed by atoms with van der Waals surface area (Å²) >= 11 is 0. The van der Waals surface area contributed by atoms with E-state index in [4.69, 9.17) is 5.26 Å². The first-order chi connectivity index (χ1) is 12.5. The van der Waals surface area contributed by atoms with Gasteiger partial charge in [-0.15, -0.1) is 0 Å². The van der Waals surface area contributed by atoms with Crippen LogP contribution >= 0.6 is 0 Å². The van der Waals surface area contributed by atoms with E-state index in [-0.39, 0.29) is 30.6 Å². The van der Waals surface area contributed by atoms with Gasteiger partial charge in [0.1, 0.15) is 11.9 Å². The zero-order valence-corrected chi connectivity index (χ0v) is 14.5.